The van der Waals surface area contributed by atoms with E-state index >= 15 is 0 Å². The lowest BCUT2D eigenvalue weighted by Gasteiger charge is -2.24. The van der Waals surface area contributed by atoms with E-state index in [0.717, 1.165) is 33.6 Å². The highest BCUT2D eigenvalue weighted by Crippen LogP contribution is 2.27. The van der Waals surface area contributed by atoms with E-state index in [1.165, 1.54) is 0 Å². The first-order valence-corrected chi connectivity index (χ1v) is 11.0. The summed E-state index contributed by atoms with van der Waals surface area (Å²) in [5.74, 6) is 0.872. The predicted octanol–water partition coefficient (Wildman–Crippen LogP) is 4.92. The molecule has 0 amide bonds. The quantitative estimate of drug-likeness (QED) is 0.321. The number of pyridine rings is 2. The molecular weight excluding hydrogens is 386 g/mol. The van der Waals surface area contributed by atoms with Crippen molar-refractivity contribution in [3.63, 3.8) is 0 Å². The van der Waals surface area contributed by atoms with Gasteiger partial charge in [-0.15, -0.1) is 0 Å². The largest absolute Gasteiger partial charge is 0.345 e. The Hall–Kier alpha value is -2.77. The molecule has 0 spiro atoms. The molecule has 5 nitrogen and oxygen atoms in total. The Morgan fingerprint density at radius 2 is 1.64 bits per heavy atom. The van der Waals surface area contributed by atoms with E-state index in [4.69, 9.17) is 9.97 Å². The molecule has 4 aromatic rings. The van der Waals surface area contributed by atoms with Gasteiger partial charge in [-0.25, -0.2) is 9.97 Å². The van der Waals surface area contributed by atoms with Crippen molar-refractivity contribution < 1.29 is 0 Å². The summed E-state index contributed by atoms with van der Waals surface area (Å²) >= 11 is 3.21. The molecular formula is C21H19N5S2. The summed E-state index contributed by atoms with van der Waals surface area (Å²) in [5.41, 5.74) is 4.02. The van der Waals surface area contributed by atoms with Crippen LogP contribution in [0.1, 0.15) is 11.4 Å². The van der Waals surface area contributed by atoms with E-state index in [2.05, 4.69) is 31.7 Å². The van der Waals surface area contributed by atoms with E-state index in [1.54, 1.807) is 23.1 Å². The topological polar surface area (TPSA) is 54.8 Å². The van der Waals surface area contributed by atoms with E-state index in [-0.39, 0.29) is 0 Å². The molecule has 0 saturated heterocycles. The molecule has 0 aliphatic carbocycles. The van der Waals surface area contributed by atoms with Crippen LogP contribution in [0.3, 0.4) is 0 Å². The standard InChI is InChI=1S/C21H19N5S2/c1-27-21-24-19(16-8-11-28-15-16)12-20(25-21)26(13-17-6-2-4-9-22-17)14-18-7-3-5-10-23-18/h2-12,15H,13-14H2,1H3. The Balaban J connectivity index is 1.73. The molecule has 0 saturated carbocycles. The molecule has 0 aromatic carbocycles. The Bertz CT molecular complexity index is 966. The summed E-state index contributed by atoms with van der Waals surface area (Å²) in [7, 11) is 0. The number of aromatic nitrogens is 4. The maximum Gasteiger partial charge on any atom is 0.189 e. The van der Waals surface area contributed by atoms with Gasteiger partial charge >= 0.3 is 0 Å². The van der Waals surface area contributed by atoms with E-state index in [9.17, 15) is 0 Å². The molecule has 0 aliphatic rings. The normalized spacial score (nSPS) is 10.8. The lowest BCUT2D eigenvalue weighted by atomic mass is 10.2. The number of hydrogen-bond acceptors (Lipinski definition) is 7. The van der Waals surface area contributed by atoms with E-state index < -0.39 is 0 Å². The third-order valence-corrected chi connectivity index (χ3v) is 5.40. The average molecular weight is 406 g/mol. The van der Waals surface area contributed by atoms with Crippen LogP contribution in [0.15, 0.2) is 76.8 Å². The van der Waals surface area contributed by atoms with Crippen LogP contribution >= 0.6 is 23.1 Å². The lowest BCUT2D eigenvalue weighted by Crippen LogP contribution is -2.24. The first-order valence-electron chi connectivity index (χ1n) is 8.82. The van der Waals surface area contributed by atoms with Gasteiger partial charge in [0.25, 0.3) is 0 Å². The number of thioether (sulfide) groups is 1. The van der Waals surface area contributed by atoms with Gasteiger partial charge in [0.1, 0.15) is 5.82 Å². The van der Waals surface area contributed by atoms with Gasteiger partial charge in [-0.3, -0.25) is 9.97 Å². The van der Waals surface area contributed by atoms with Crippen LogP contribution in [0.25, 0.3) is 11.3 Å². The van der Waals surface area contributed by atoms with Crippen LogP contribution in [0.2, 0.25) is 0 Å². The zero-order valence-electron chi connectivity index (χ0n) is 15.4. The molecule has 7 heteroatoms. The van der Waals surface area contributed by atoms with Gasteiger partial charge in [0.05, 0.1) is 30.2 Å². The zero-order valence-corrected chi connectivity index (χ0v) is 17.0. The van der Waals surface area contributed by atoms with Crippen molar-refractivity contribution in [3.8, 4) is 11.3 Å². The monoisotopic (exact) mass is 405 g/mol. The lowest BCUT2D eigenvalue weighted by molar-refractivity contribution is 0.740. The summed E-state index contributed by atoms with van der Waals surface area (Å²) in [6, 6.07) is 16.1. The molecule has 0 radical (unpaired) electrons. The van der Waals surface area contributed by atoms with Gasteiger partial charge in [0.15, 0.2) is 5.16 Å². The van der Waals surface area contributed by atoms with Crippen LogP contribution < -0.4 is 4.90 Å². The van der Waals surface area contributed by atoms with E-state index in [0.29, 0.717) is 13.1 Å². The molecule has 4 rings (SSSR count). The fourth-order valence-corrected chi connectivity index (χ4v) is 3.84. The Morgan fingerprint density at radius 1 is 0.929 bits per heavy atom. The zero-order chi connectivity index (χ0) is 19.2. The Morgan fingerprint density at radius 3 is 2.18 bits per heavy atom. The Kier molecular flexibility index (Phi) is 5.94. The average Bonchev–Trinajstić information content (AvgIpc) is 3.29. The van der Waals surface area contributed by atoms with Crippen molar-refractivity contribution in [2.45, 2.75) is 18.2 Å². The predicted molar refractivity (Wildman–Crippen MR) is 115 cm³/mol. The Labute approximate surface area is 172 Å². The minimum Gasteiger partial charge on any atom is -0.345 e. The van der Waals surface area contributed by atoms with E-state index in [1.807, 2.05) is 61.1 Å². The summed E-state index contributed by atoms with van der Waals surface area (Å²) in [4.78, 5) is 20.7. The molecule has 4 heterocycles. The van der Waals surface area contributed by atoms with Gasteiger partial charge in [-0.05, 0) is 42.0 Å². The van der Waals surface area contributed by atoms with Crippen molar-refractivity contribution in [1.82, 2.24) is 19.9 Å². The fourth-order valence-electron chi connectivity index (χ4n) is 2.82. The smallest absolute Gasteiger partial charge is 0.189 e. The minimum absolute atomic E-state index is 0.644. The van der Waals surface area contributed by atoms with Crippen molar-refractivity contribution >= 4 is 28.9 Å². The highest BCUT2D eigenvalue weighted by molar-refractivity contribution is 7.98. The highest BCUT2D eigenvalue weighted by atomic mass is 32.2. The number of thiophene rings is 1. The third kappa shape index (κ3) is 4.55. The highest BCUT2D eigenvalue weighted by Gasteiger charge is 2.15. The first-order chi connectivity index (χ1) is 13.8. The first kappa shape index (κ1) is 18.6. The van der Waals surface area contributed by atoms with Gasteiger partial charge in [0.2, 0.25) is 0 Å². The maximum absolute atomic E-state index is 4.78. The molecule has 0 unspecified atom stereocenters. The van der Waals surface area contributed by atoms with Crippen molar-refractivity contribution in [1.29, 1.82) is 0 Å². The van der Waals surface area contributed by atoms with Crippen molar-refractivity contribution in [2.75, 3.05) is 11.2 Å². The van der Waals surface area contributed by atoms with Crippen LogP contribution in [0, 0.1) is 0 Å². The van der Waals surface area contributed by atoms with Crippen LogP contribution in [-0.2, 0) is 13.1 Å². The fraction of sp³-hybridized carbons (Fsp3) is 0.143. The van der Waals surface area contributed by atoms with Gasteiger partial charge in [-0.2, -0.15) is 11.3 Å². The second-order valence-electron chi connectivity index (χ2n) is 6.11. The summed E-state index contributed by atoms with van der Waals surface area (Å²) in [5, 5.41) is 4.93. The number of anilines is 1. The number of hydrogen-bond donors (Lipinski definition) is 0. The van der Waals surface area contributed by atoms with Gasteiger partial charge < -0.3 is 4.90 Å². The summed E-state index contributed by atoms with van der Waals surface area (Å²) in [6.45, 7) is 1.29. The second kappa shape index (κ2) is 8.95. The van der Waals surface area contributed by atoms with Crippen LogP contribution in [0.5, 0.6) is 0 Å². The number of rotatable bonds is 7. The van der Waals surface area contributed by atoms with Crippen LogP contribution in [0.4, 0.5) is 5.82 Å². The van der Waals surface area contributed by atoms with Crippen LogP contribution in [-0.4, -0.2) is 26.2 Å². The molecule has 0 bridgehead atoms. The molecule has 140 valence electrons. The summed E-state index contributed by atoms with van der Waals surface area (Å²) in [6.07, 6.45) is 5.63. The molecule has 28 heavy (non-hydrogen) atoms. The SMILES string of the molecule is CSc1nc(-c2ccsc2)cc(N(Cc2ccccn2)Cc2ccccn2)n1. The van der Waals surface area contributed by atoms with Gasteiger partial charge in [-0.1, -0.05) is 23.9 Å². The number of nitrogens with zero attached hydrogens (tertiary/aromatic N) is 5. The third-order valence-electron chi connectivity index (χ3n) is 4.17. The molecule has 0 aliphatic heterocycles. The molecule has 0 N–H and O–H groups in total. The molecule has 4 aromatic heterocycles. The molecule has 0 atom stereocenters. The maximum atomic E-state index is 4.78. The second-order valence-corrected chi connectivity index (χ2v) is 7.66. The van der Waals surface area contributed by atoms with Crippen molar-refractivity contribution in [3.05, 3.63) is 83.1 Å². The summed E-state index contributed by atoms with van der Waals surface area (Å²) < 4.78 is 0. The van der Waals surface area contributed by atoms with Gasteiger partial charge in [0, 0.05) is 29.4 Å². The minimum atomic E-state index is 0.644. The van der Waals surface area contributed by atoms with Crippen molar-refractivity contribution in [2.24, 2.45) is 0 Å². The molecule has 0 fully saturated rings.